The van der Waals surface area contributed by atoms with Crippen molar-refractivity contribution in [1.82, 2.24) is 10.2 Å². The molecule has 2 heteroatoms. The highest BCUT2D eigenvalue weighted by Gasteiger charge is 2.40. The summed E-state index contributed by atoms with van der Waals surface area (Å²) in [4.78, 5) is 2.82. The van der Waals surface area contributed by atoms with Gasteiger partial charge in [0.15, 0.2) is 0 Å². The fraction of sp³-hybridized carbons (Fsp3) is 1.00. The van der Waals surface area contributed by atoms with E-state index in [1.54, 1.807) is 0 Å². The van der Waals surface area contributed by atoms with Crippen LogP contribution in [0.4, 0.5) is 0 Å². The Hall–Kier alpha value is -0.0800. The molecule has 0 aromatic heterocycles. The van der Waals surface area contributed by atoms with Crippen LogP contribution in [0.3, 0.4) is 0 Å². The van der Waals surface area contributed by atoms with E-state index < -0.39 is 0 Å². The van der Waals surface area contributed by atoms with Gasteiger partial charge in [-0.1, -0.05) is 33.6 Å². The van der Waals surface area contributed by atoms with E-state index in [9.17, 15) is 0 Å². The average Bonchev–Trinajstić information content (AvgIpc) is 2.62. The minimum atomic E-state index is 0.453. The van der Waals surface area contributed by atoms with Crippen molar-refractivity contribution in [2.45, 2.75) is 77.8 Å². The van der Waals surface area contributed by atoms with Gasteiger partial charge in [0.05, 0.1) is 0 Å². The number of nitrogens with one attached hydrogen (secondary N) is 1. The van der Waals surface area contributed by atoms with E-state index >= 15 is 0 Å². The molecule has 0 aromatic rings. The first-order valence-electron chi connectivity index (χ1n) is 8.49. The van der Waals surface area contributed by atoms with Crippen LogP contribution in [-0.2, 0) is 0 Å². The summed E-state index contributed by atoms with van der Waals surface area (Å²) in [5.74, 6) is 0.981. The Kier molecular flexibility index (Phi) is 5.30. The molecule has 112 valence electrons. The third kappa shape index (κ3) is 3.52. The molecule has 0 spiro atoms. The number of hydrogen-bond acceptors (Lipinski definition) is 2. The first kappa shape index (κ1) is 15.3. The summed E-state index contributed by atoms with van der Waals surface area (Å²) >= 11 is 0. The number of hydrogen-bond donors (Lipinski definition) is 1. The lowest BCUT2D eigenvalue weighted by molar-refractivity contribution is 0.0534. The fourth-order valence-corrected chi connectivity index (χ4v) is 4.51. The highest BCUT2D eigenvalue weighted by atomic mass is 15.2. The molecule has 1 aliphatic heterocycles. The number of nitrogens with zero attached hydrogens (tertiary/aromatic N) is 1. The van der Waals surface area contributed by atoms with Crippen LogP contribution < -0.4 is 5.32 Å². The van der Waals surface area contributed by atoms with Crippen LogP contribution in [0.2, 0.25) is 0 Å². The van der Waals surface area contributed by atoms with Gasteiger partial charge in [-0.3, -0.25) is 4.90 Å². The molecular formula is C17H34N2. The quantitative estimate of drug-likeness (QED) is 0.838. The summed E-state index contributed by atoms with van der Waals surface area (Å²) in [5.41, 5.74) is 0.453. The number of likely N-dealkylation sites (N-methyl/N-ethyl adjacent to an activating group) is 1. The molecule has 1 aliphatic carbocycles. The Morgan fingerprint density at radius 2 is 1.89 bits per heavy atom. The molecule has 0 radical (unpaired) electrons. The first-order valence-corrected chi connectivity index (χ1v) is 8.49. The molecule has 2 rings (SSSR count). The van der Waals surface area contributed by atoms with Gasteiger partial charge in [-0.15, -0.1) is 0 Å². The van der Waals surface area contributed by atoms with Gasteiger partial charge in [0, 0.05) is 12.1 Å². The highest BCUT2D eigenvalue weighted by molar-refractivity contribution is 4.98. The molecule has 19 heavy (non-hydrogen) atoms. The Morgan fingerprint density at radius 1 is 1.11 bits per heavy atom. The normalized spacial score (nSPS) is 36.9. The topological polar surface area (TPSA) is 15.3 Å². The molecule has 1 saturated heterocycles. The van der Waals surface area contributed by atoms with Gasteiger partial charge >= 0.3 is 0 Å². The molecule has 3 unspecified atom stereocenters. The predicted octanol–water partition coefficient (Wildman–Crippen LogP) is 3.67. The summed E-state index contributed by atoms with van der Waals surface area (Å²) < 4.78 is 0. The lowest BCUT2D eigenvalue weighted by atomic mass is 9.70. The molecule has 0 bridgehead atoms. The molecule has 2 aliphatic rings. The van der Waals surface area contributed by atoms with Crippen molar-refractivity contribution in [3.63, 3.8) is 0 Å². The Morgan fingerprint density at radius 3 is 2.58 bits per heavy atom. The van der Waals surface area contributed by atoms with Gasteiger partial charge in [-0.2, -0.15) is 0 Å². The maximum atomic E-state index is 3.65. The van der Waals surface area contributed by atoms with Crippen LogP contribution >= 0.6 is 0 Å². The molecule has 0 amide bonds. The number of rotatable bonds is 3. The number of likely N-dealkylation sites (tertiary alicyclic amines) is 1. The summed E-state index contributed by atoms with van der Waals surface area (Å²) in [6.45, 7) is 9.92. The smallest absolute Gasteiger partial charge is 0.0271 e. The monoisotopic (exact) mass is 266 g/mol. The molecule has 2 nitrogen and oxygen atoms in total. The second-order valence-corrected chi connectivity index (χ2v) is 7.46. The van der Waals surface area contributed by atoms with Gasteiger partial charge in [-0.25, -0.2) is 0 Å². The zero-order chi connectivity index (χ0) is 13.9. The minimum absolute atomic E-state index is 0.453. The van der Waals surface area contributed by atoms with Crippen LogP contribution in [0.25, 0.3) is 0 Å². The summed E-state index contributed by atoms with van der Waals surface area (Å²) in [5, 5.41) is 3.65. The summed E-state index contributed by atoms with van der Waals surface area (Å²) in [6.07, 6.45) is 9.83. The zero-order valence-electron chi connectivity index (χ0n) is 13.5. The molecule has 2 fully saturated rings. The summed E-state index contributed by atoms with van der Waals surface area (Å²) in [6, 6.07) is 1.43. The highest BCUT2D eigenvalue weighted by Crippen LogP contribution is 2.38. The van der Waals surface area contributed by atoms with E-state index in [1.165, 1.54) is 58.0 Å². The van der Waals surface area contributed by atoms with Crippen molar-refractivity contribution < 1.29 is 0 Å². The second kappa shape index (κ2) is 6.58. The SMILES string of the molecule is CCC1CCCN(C2CCCC(C)(C)C2NC)CC1. The first-order chi connectivity index (χ1) is 9.08. The van der Waals surface area contributed by atoms with E-state index in [2.05, 4.69) is 38.0 Å². The van der Waals surface area contributed by atoms with Crippen LogP contribution in [0.15, 0.2) is 0 Å². The Bertz CT molecular complexity index is 274. The van der Waals surface area contributed by atoms with Gasteiger partial charge in [-0.05, 0) is 63.6 Å². The molecule has 0 aromatic carbocycles. The Labute approximate surface area is 120 Å². The summed E-state index contributed by atoms with van der Waals surface area (Å²) in [7, 11) is 2.16. The third-order valence-electron chi connectivity index (χ3n) is 5.79. The van der Waals surface area contributed by atoms with E-state index in [0.717, 1.165) is 12.0 Å². The van der Waals surface area contributed by atoms with E-state index in [1.807, 2.05) is 0 Å². The van der Waals surface area contributed by atoms with Crippen LogP contribution in [-0.4, -0.2) is 37.1 Å². The molecular weight excluding hydrogens is 232 g/mol. The molecule has 1 saturated carbocycles. The van der Waals surface area contributed by atoms with Gasteiger partial charge in [0.2, 0.25) is 0 Å². The largest absolute Gasteiger partial charge is 0.315 e. The second-order valence-electron chi connectivity index (χ2n) is 7.46. The standard InChI is InChI=1S/C17H34N2/c1-5-14-8-7-12-19(13-10-14)15-9-6-11-17(2,3)16(15)18-4/h14-16,18H,5-13H2,1-4H3. The van der Waals surface area contributed by atoms with Crippen molar-refractivity contribution in [1.29, 1.82) is 0 Å². The van der Waals surface area contributed by atoms with Crippen molar-refractivity contribution in [2.75, 3.05) is 20.1 Å². The van der Waals surface area contributed by atoms with Gasteiger partial charge in [0.1, 0.15) is 0 Å². The fourth-order valence-electron chi connectivity index (χ4n) is 4.51. The van der Waals surface area contributed by atoms with Crippen molar-refractivity contribution in [2.24, 2.45) is 11.3 Å². The Balaban J connectivity index is 2.02. The van der Waals surface area contributed by atoms with Crippen LogP contribution in [0.5, 0.6) is 0 Å². The molecule has 1 heterocycles. The van der Waals surface area contributed by atoms with Gasteiger partial charge in [0.25, 0.3) is 0 Å². The van der Waals surface area contributed by atoms with Crippen LogP contribution in [0.1, 0.15) is 65.7 Å². The lowest BCUT2D eigenvalue weighted by Crippen LogP contribution is -2.58. The maximum Gasteiger partial charge on any atom is 0.0271 e. The van der Waals surface area contributed by atoms with Crippen LogP contribution in [0, 0.1) is 11.3 Å². The predicted molar refractivity (Wildman–Crippen MR) is 83.5 cm³/mol. The maximum absolute atomic E-state index is 3.65. The van der Waals surface area contributed by atoms with Crippen molar-refractivity contribution in [3.8, 4) is 0 Å². The van der Waals surface area contributed by atoms with E-state index in [4.69, 9.17) is 0 Å². The van der Waals surface area contributed by atoms with E-state index in [0.29, 0.717) is 11.5 Å². The molecule has 1 N–H and O–H groups in total. The molecule has 3 atom stereocenters. The van der Waals surface area contributed by atoms with Crippen molar-refractivity contribution >= 4 is 0 Å². The third-order valence-corrected chi connectivity index (χ3v) is 5.79. The van der Waals surface area contributed by atoms with E-state index in [-0.39, 0.29) is 0 Å². The minimum Gasteiger partial charge on any atom is -0.315 e. The average molecular weight is 266 g/mol. The van der Waals surface area contributed by atoms with Gasteiger partial charge < -0.3 is 5.32 Å². The zero-order valence-corrected chi connectivity index (χ0v) is 13.5. The lowest BCUT2D eigenvalue weighted by Gasteiger charge is -2.48. The van der Waals surface area contributed by atoms with Crippen molar-refractivity contribution in [3.05, 3.63) is 0 Å².